The van der Waals surface area contributed by atoms with Gasteiger partial charge in [0.1, 0.15) is 0 Å². The predicted molar refractivity (Wildman–Crippen MR) is 53.1 cm³/mol. The first-order chi connectivity index (χ1) is 8.81. The lowest BCUT2D eigenvalue weighted by atomic mass is 10.5. The highest BCUT2D eigenvalue weighted by molar-refractivity contribution is 7.55. The van der Waals surface area contributed by atoms with E-state index in [1.165, 1.54) is 0 Å². The second-order valence-corrected chi connectivity index (χ2v) is 5.89. The summed E-state index contributed by atoms with van der Waals surface area (Å²) in [4.78, 5) is 11.1. The molecule has 0 spiro atoms. The van der Waals surface area contributed by atoms with E-state index in [-0.39, 0.29) is 0 Å². The number of carbonyl (C=O) groups excluding carboxylic acids is 1. The molecule has 0 heterocycles. The number of esters is 1. The van der Waals surface area contributed by atoms with Crippen molar-refractivity contribution in [3.63, 3.8) is 0 Å². The Morgan fingerprint density at radius 1 is 1.05 bits per heavy atom. The first-order valence-corrected chi connectivity index (χ1v) is 6.52. The number of carbonyl (C=O) groups is 1. The molecule has 0 saturated carbocycles. The fourth-order valence-corrected chi connectivity index (χ4v) is 2.42. The predicted octanol–water partition coefficient (Wildman–Crippen LogP) is 2.90. The Kier molecular flexibility index (Phi) is 6.50. The summed E-state index contributed by atoms with van der Waals surface area (Å²) in [5.41, 5.74) is -1.93. The van der Waals surface area contributed by atoms with Gasteiger partial charge in [0.2, 0.25) is 0 Å². The van der Waals surface area contributed by atoms with Gasteiger partial charge in [-0.05, 0) is 6.92 Å². The van der Waals surface area contributed by atoms with Crippen LogP contribution in [-0.2, 0) is 23.1 Å². The van der Waals surface area contributed by atoms with Crippen molar-refractivity contribution in [3.8, 4) is 0 Å². The largest absolute Gasteiger partial charge is 0.468 e. The number of hydrogen-bond donors (Lipinski definition) is 0. The van der Waals surface area contributed by atoms with Gasteiger partial charge in [0.25, 0.3) is 0 Å². The SMILES string of the molecule is COC(=O)[C@H](C)P(=O)(OCC(F)(F)F)OCC(F)(F)F. The van der Waals surface area contributed by atoms with E-state index >= 15 is 0 Å². The summed E-state index contributed by atoms with van der Waals surface area (Å²) >= 11 is 0. The first kappa shape index (κ1) is 19.2. The van der Waals surface area contributed by atoms with Gasteiger partial charge < -0.3 is 4.74 Å². The van der Waals surface area contributed by atoms with Crippen LogP contribution in [0.2, 0.25) is 0 Å². The molecule has 0 N–H and O–H groups in total. The van der Waals surface area contributed by atoms with E-state index in [0.29, 0.717) is 0 Å². The van der Waals surface area contributed by atoms with Gasteiger partial charge >= 0.3 is 25.9 Å². The third-order valence-electron chi connectivity index (χ3n) is 1.83. The minimum Gasteiger partial charge on any atom is -0.468 e. The monoisotopic (exact) mass is 332 g/mol. The second-order valence-electron chi connectivity index (χ2n) is 3.52. The van der Waals surface area contributed by atoms with Crippen molar-refractivity contribution in [1.82, 2.24) is 0 Å². The maximum absolute atomic E-state index is 12.0. The molecule has 0 aromatic rings. The Labute approximate surface area is 109 Å². The molecule has 0 fully saturated rings. The van der Waals surface area contributed by atoms with Gasteiger partial charge in [0.05, 0.1) is 7.11 Å². The van der Waals surface area contributed by atoms with Gasteiger partial charge in [-0.3, -0.25) is 18.4 Å². The van der Waals surface area contributed by atoms with E-state index < -0.39 is 44.8 Å². The molecular weight excluding hydrogens is 321 g/mol. The van der Waals surface area contributed by atoms with Crippen LogP contribution in [0.3, 0.4) is 0 Å². The number of alkyl halides is 6. The van der Waals surface area contributed by atoms with Gasteiger partial charge in [0, 0.05) is 0 Å². The van der Waals surface area contributed by atoms with Crippen molar-refractivity contribution < 1.29 is 49.5 Å². The lowest BCUT2D eigenvalue weighted by Crippen LogP contribution is -2.27. The van der Waals surface area contributed by atoms with Crippen LogP contribution in [0.4, 0.5) is 26.3 Å². The zero-order valence-corrected chi connectivity index (χ0v) is 11.1. The molecule has 5 nitrogen and oxygen atoms in total. The molecule has 0 aromatic heterocycles. The zero-order chi connectivity index (χ0) is 16.2. The molecule has 0 aliphatic rings. The third-order valence-corrected chi connectivity index (χ3v) is 3.97. The molecular formula is C8H11F6O5P. The van der Waals surface area contributed by atoms with E-state index in [1.807, 2.05) is 0 Å². The Balaban J connectivity index is 5.03. The summed E-state index contributed by atoms with van der Waals surface area (Å²) in [6.07, 6.45) is -9.90. The summed E-state index contributed by atoms with van der Waals surface area (Å²) in [5.74, 6) is -1.32. The fourth-order valence-electron chi connectivity index (χ4n) is 0.887. The quantitative estimate of drug-likeness (QED) is 0.425. The average molecular weight is 332 g/mol. The molecule has 0 radical (unpaired) electrons. The molecule has 0 rings (SSSR count). The second kappa shape index (κ2) is 6.77. The summed E-state index contributed by atoms with van der Waals surface area (Å²) in [7, 11) is -4.17. The minimum atomic E-state index is -4.99. The molecule has 0 unspecified atom stereocenters. The van der Waals surface area contributed by atoms with Crippen molar-refractivity contribution >= 4 is 13.6 Å². The molecule has 0 bridgehead atoms. The van der Waals surface area contributed by atoms with Crippen molar-refractivity contribution in [1.29, 1.82) is 0 Å². The smallest absolute Gasteiger partial charge is 0.412 e. The highest BCUT2D eigenvalue weighted by Crippen LogP contribution is 2.54. The topological polar surface area (TPSA) is 61.8 Å². The van der Waals surface area contributed by atoms with E-state index in [9.17, 15) is 35.7 Å². The minimum absolute atomic E-state index is 0.777. The molecule has 0 aromatic carbocycles. The Hall–Kier alpha value is -0.800. The van der Waals surface area contributed by atoms with Gasteiger partial charge in [-0.25, -0.2) is 0 Å². The summed E-state index contributed by atoms with van der Waals surface area (Å²) in [6, 6.07) is 0. The summed E-state index contributed by atoms with van der Waals surface area (Å²) in [6.45, 7) is -3.47. The van der Waals surface area contributed by atoms with Crippen LogP contribution in [0.25, 0.3) is 0 Å². The Morgan fingerprint density at radius 3 is 1.65 bits per heavy atom. The summed E-state index contributed by atoms with van der Waals surface area (Å²) in [5, 5.41) is 0. The fraction of sp³-hybridized carbons (Fsp3) is 0.875. The molecule has 0 saturated heterocycles. The van der Waals surface area contributed by atoms with Crippen molar-refractivity contribution in [2.45, 2.75) is 24.9 Å². The normalized spacial score (nSPS) is 15.0. The molecule has 1 atom stereocenters. The first-order valence-electron chi connectivity index (χ1n) is 4.91. The number of halogens is 6. The highest BCUT2D eigenvalue weighted by Gasteiger charge is 2.45. The summed E-state index contributed by atoms with van der Waals surface area (Å²) < 4.78 is 95.5. The highest BCUT2D eigenvalue weighted by atomic mass is 31.2. The van der Waals surface area contributed by atoms with Crippen LogP contribution < -0.4 is 0 Å². The third kappa shape index (κ3) is 7.11. The van der Waals surface area contributed by atoms with Crippen LogP contribution in [-0.4, -0.2) is 44.3 Å². The number of methoxy groups -OCH3 is 1. The zero-order valence-electron chi connectivity index (χ0n) is 10.2. The molecule has 120 valence electrons. The van der Waals surface area contributed by atoms with E-state index in [0.717, 1.165) is 14.0 Å². The molecule has 0 aliphatic carbocycles. The molecule has 0 aliphatic heterocycles. The lowest BCUT2D eigenvalue weighted by Gasteiger charge is -2.23. The molecule has 0 amide bonds. The Bertz CT molecular complexity index is 357. The number of rotatable bonds is 6. The lowest BCUT2D eigenvalue weighted by molar-refractivity contribution is -0.167. The van der Waals surface area contributed by atoms with Crippen LogP contribution in [0.1, 0.15) is 6.92 Å². The maximum Gasteiger partial charge on any atom is 0.412 e. The number of ether oxygens (including phenoxy) is 1. The van der Waals surface area contributed by atoms with Crippen molar-refractivity contribution in [2.24, 2.45) is 0 Å². The standard InChI is InChI=1S/C8H11F6O5P/c1-5(6(15)17-2)20(16,18-3-7(9,10)11)19-4-8(12,13)14/h5H,3-4H2,1-2H3/t5-/m0/s1. The van der Waals surface area contributed by atoms with Crippen molar-refractivity contribution in [2.75, 3.05) is 20.3 Å². The van der Waals surface area contributed by atoms with Crippen LogP contribution >= 0.6 is 7.60 Å². The van der Waals surface area contributed by atoms with Gasteiger partial charge in [-0.1, -0.05) is 0 Å². The maximum atomic E-state index is 12.0. The van der Waals surface area contributed by atoms with Crippen LogP contribution in [0.5, 0.6) is 0 Å². The van der Waals surface area contributed by atoms with E-state index in [2.05, 4.69) is 13.8 Å². The van der Waals surface area contributed by atoms with Crippen LogP contribution in [0.15, 0.2) is 0 Å². The van der Waals surface area contributed by atoms with Crippen molar-refractivity contribution in [3.05, 3.63) is 0 Å². The Morgan fingerprint density at radius 2 is 1.40 bits per heavy atom. The van der Waals surface area contributed by atoms with E-state index in [4.69, 9.17) is 0 Å². The van der Waals surface area contributed by atoms with Gasteiger partial charge in [0.15, 0.2) is 18.9 Å². The molecule has 20 heavy (non-hydrogen) atoms. The number of hydrogen-bond acceptors (Lipinski definition) is 5. The van der Waals surface area contributed by atoms with E-state index in [1.54, 1.807) is 0 Å². The average Bonchev–Trinajstić information content (AvgIpc) is 2.30. The van der Waals surface area contributed by atoms with Crippen LogP contribution in [0, 0.1) is 0 Å². The molecule has 12 heteroatoms. The van der Waals surface area contributed by atoms with Gasteiger partial charge in [-0.15, -0.1) is 0 Å². The van der Waals surface area contributed by atoms with Gasteiger partial charge in [-0.2, -0.15) is 26.3 Å².